The van der Waals surface area contributed by atoms with Crippen molar-refractivity contribution in [2.24, 2.45) is 0 Å². The third kappa shape index (κ3) is 4.46. The van der Waals surface area contributed by atoms with Gasteiger partial charge in [0.05, 0.1) is 10.2 Å². The van der Waals surface area contributed by atoms with Crippen molar-refractivity contribution in [3.05, 3.63) is 77.9 Å². The Kier molecular flexibility index (Phi) is 5.32. The molecule has 0 unspecified atom stereocenters. The number of carbonyl (C=O) groups excluding carboxylic acids is 1. The van der Waals surface area contributed by atoms with Gasteiger partial charge in [-0.3, -0.25) is 4.79 Å². The first-order valence-electron chi connectivity index (χ1n) is 9.50. The van der Waals surface area contributed by atoms with E-state index in [1.165, 1.54) is 10.3 Å². The van der Waals surface area contributed by atoms with Crippen LogP contribution < -0.4 is 10.1 Å². The molecule has 5 heteroatoms. The Bertz CT molecular complexity index is 1150. The molecule has 0 saturated carbocycles. The molecule has 0 aliphatic carbocycles. The number of nitrogens with one attached hydrogen (secondary N) is 1. The highest BCUT2D eigenvalue weighted by Crippen LogP contribution is 2.31. The Hall–Kier alpha value is -3.18. The normalized spacial score (nSPS) is 12.0. The Labute approximate surface area is 174 Å². The molecule has 1 atom stereocenters. The highest BCUT2D eigenvalue weighted by atomic mass is 32.1. The zero-order valence-electron chi connectivity index (χ0n) is 16.6. The minimum atomic E-state index is -0.593. The third-order valence-electron chi connectivity index (χ3n) is 4.65. The van der Waals surface area contributed by atoms with Gasteiger partial charge in [0.1, 0.15) is 10.8 Å². The lowest BCUT2D eigenvalue weighted by atomic mass is 10.2. The summed E-state index contributed by atoms with van der Waals surface area (Å²) in [5.74, 6) is 0.494. The molecule has 29 heavy (non-hydrogen) atoms. The van der Waals surface area contributed by atoms with E-state index >= 15 is 0 Å². The quantitative estimate of drug-likeness (QED) is 0.446. The molecular formula is C24H22N2O2S. The predicted octanol–water partition coefficient (Wildman–Crippen LogP) is 5.99. The number of hydrogen-bond donors (Lipinski definition) is 1. The number of thiazole rings is 1. The molecule has 1 N–H and O–H groups in total. The molecule has 0 aliphatic heterocycles. The minimum absolute atomic E-state index is 0.186. The van der Waals surface area contributed by atoms with Gasteiger partial charge in [-0.2, -0.15) is 0 Å². The van der Waals surface area contributed by atoms with Crippen molar-refractivity contribution in [1.29, 1.82) is 0 Å². The van der Waals surface area contributed by atoms with Crippen LogP contribution in [0.3, 0.4) is 0 Å². The van der Waals surface area contributed by atoms with Crippen molar-refractivity contribution in [3.63, 3.8) is 0 Å². The number of rotatable bonds is 5. The van der Waals surface area contributed by atoms with Crippen LogP contribution in [-0.2, 0) is 4.79 Å². The SMILES string of the molecule is Cc1ccc(O[C@@H](C)C(=O)Nc2ccc(-c3nc4ccc(C)cc4s3)cc2)cc1. The summed E-state index contributed by atoms with van der Waals surface area (Å²) in [6, 6.07) is 21.7. The molecule has 1 heterocycles. The fourth-order valence-corrected chi connectivity index (χ4v) is 4.04. The van der Waals surface area contributed by atoms with Crippen LogP contribution in [0.5, 0.6) is 5.75 Å². The Balaban J connectivity index is 1.43. The van der Waals surface area contributed by atoms with Crippen LogP contribution in [0, 0.1) is 13.8 Å². The first kappa shape index (κ1) is 19.2. The van der Waals surface area contributed by atoms with E-state index in [1.807, 2.05) is 55.5 Å². The van der Waals surface area contributed by atoms with Crippen molar-refractivity contribution in [2.75, 3.05) is 5.32 Å². The Morgan fingerprint density at radius 2 is 1.66 bits per heavy atom. The van der Waals surface area contributed by atoms with Crippen molar-refractivity contribution >= 4 is 33.1 Å². The lowest BCUT2D eigenvalue weighted by Crippen LogP contribution is -2.30. The minimum Gasteiger partial charge on any atom is -0.481 e. The van der Waals surface area contributed by atoms with Gasteiger partial charge in [-0.15, -0.1) is 11.3 Å². The molecule has 4 aromatic rings. The van der Waals surface area contributed by atoms with Crippen molar-refractivity contribution in [2.45, 2.75) is 26.9 Å². The molecule has 0 bridgehead atoms. The monoisotopic (exact) mass is 402 g/mol. The fraction of sp³-hybridized carbons (Fsp3) is 0.167. The van der Waals surface area contributed by atoms with Gasteiger partial charge in [0.2, 0.25) is 0 Å². The number of carbonyl (C=O) groups is 1. The standard InChI is InChI=1S/C24H22N2O2S/c1-15-4-11-20(12-5-15)28-17(3)23(27)25-19-9-7-18(8-10-19)24-26-21-13-6-16(2)14-22(21)29-24/h4-14,17H,1-3H3,(H,25,27)/t17-/m0/s1. The number of amides is 1. The summed E-state index contributed by atoms with van der Waals surface area (Å²) >= 11 is 1.67. The van der Waals surface area contributed by atoms with E-state index in [-0.39, 0.29) is 5.91 Å². The van der Waals surface area contributed by atoms with Crippen LogP contribution in [0.1, 0.15) is 18.1 Å². The molecule has 3 aromatic carbocycles. The van der Waals surface area contributed by atoms with E-state index in [4.69, 9.17) is 9.72 Å². The number of anilines is 1. The number of aryl methyl sites for hydroxylation is 2. The molecule has 0 aliphatic rings. The maximum Gasteiger partial charge on any atom is 0.265 e. The smallest absolute Gasteiger partial charge is 0.265 e. The maximum atomic E-state index is 12.4. The fourth-order valence-electron chi connectivity index (χ4n) is 2.97. The second kappa shape index (κ2) is 8.05. The summed E-state index contributed by atoms with van der Waals surface area (Å²) in [6.07, 6.45) is -0.593. The average molecular weight is 403 g/mol. The third-order valence-corrected chi connectivity index (χ3v) is 5.71. The van der Waals surface area contributed by atoms with Gasteiger partial charge < -0.3 is 10.1 Å². The largest absolute Gasteiger partial charge is 0.481 e. The summed E-state index contributed by atoms with van der Waals surface area (Å²) in [5, 5.41) is 3.88. The number of benzene rings is 3. The zero-order valence-corrected chi connectivity index (χ0v) is 17.4. The highest BCUT2D eigenvalue weighted by molar-refractivity contribution is 7.21. The summed E-state index contributed by atoms with van der Waals surface area (Å²) in [6.45, 7) is 5.84. The van der Waals surface area contributed by atoms with Gasteiger partial charge in [0.15, 0.2) is 6.10 Å². The number of ether oxygens (including phenoxy) is 1. The molecule has 0 fully saturated rings. The van der Waals surface area contributed by atoms with Crippen molar-refractivity contribution in [1.82, 2.24) is 4.98 Å². The summed E-state index contributed by atoms with van der Waals surface area (Å²) in [7, 11) is 0. The van der Waals surface area contributed by atoms with E-state index in [2.05, 4.69) is 30.4 Å². The van der Waals surface area contributed by atoms with E-state index in [0.29, 0.717) is 5.75 Å². The van der Waals surface area contributed by atoms with Crippen LogP contribution in [0.25, 0.3) is 20.8 Å². The summed E-state index contributed by atoms with van der Waals surface area (Å²) in [5.41, 5.74) is 5.15. The highest BCUT2D eigenvalue weighted by Gasteiger charge is 2.15. The van der Waals surface area contributed by atoms with Crippen molar-refractivity contribution in [3.8, 4) is 16.3 Å². The van der Waals surface area contributed by atoms with Crippen LogP contribution in [0.2, 0.25) is 0 Å². The average Bonchev–Trinajstić information content (AvgIpc) is 3.13. The van der Waals surface area contributed by atoms with E-state index in [0.717, 1.165) is 27.3 Å². The van der Waals surface area contributed by atoms with Gasteiger partial charge in [0, 0.05) is 11.3 Å². The molecule has 0 spiro atoms. The second-order valence-electron chi connectivity index (χ2n) is 7.13. The molecule has 4 rings (SSSR count). The van der Waals surface area contributed by atoms with Crippen LogP contribution in [0.4, 0.5) is 5.69 Å². The number of nitrogens with zero attached hydrogens (tertiary/aromatic N) is 1. The Morgan fingerprint density at radius 3 is 2.38 bits per heavy atom. The molecule has 0 radical (unpaired) electrons. The summed E-state index contributed by atoms with van der Waals surface area (Å²) < 4.78 is 6.90. The van der Waals surface area contributed by atoms with E-state index < -0.39 is 6.10 Å². The second-order valence-corrected chi connectivity index (χ2v) is 8.16. The van der Waals surface area contributed by atoms with Crippen molar-refractivity contribution < 1.29 is 9.53 Å². The van der Waals surface area contributed by atoms with Gasteiger partial charge in [-0.05, 0) is 74.9 Å². The van der Waals surface area contributed by atoms with Crippen LogP contribution >= 0.6 is 11.3 Å². The maximum absolute atomic E-state index is 12.4. The topological polar surface area (TPSA) is 51.2 Å². The molecule has 4 nitrogen and oxygen atoms in total. The van der Waals surface area contributed by atoms with Gasteiger partial charge in [-0.25, -0.2) is 4.98 Å². The predicted molar refractivity (Wildman–Crippen MR) is 120 cm³/mol. The molecule has 1 aromatic heterocycles. The van der Waals surface area contributed by atoms with Crippen LogP contribution in [-0.4, -0.2) is 17.0 Å². The van der Waals surface area contributed by atoms with Gasteiger partial charge in [-0.1, -0.05) is 23.8 Å². The lowest BCUT2D eigenvalue weighted by Gasteiger charge is -2.15. The first-order chi connectivity index (χ1) is 14.0. The number of aromatic nitrogens is 1. The zero-order chi connectivity index (χ0) is 20.4. The van der Waals surface area contributed by atoms with E-state index in [1.54, 1.807) is 18.3 Å². The Morgan fingerprint density at radius 1 is 0.966 bits per heavy atom. The number of hydrogen-bond acceptors (Lipinski definition) is 4. The molecular weight excluding hydrogens is 380 g/mol. The lowest BCUT2D eigenvalue weighted by molar-refractivity contribution is -0.122. The summed E-state index contributed by atoms with van der Waals surface area (Å²) in [4.78, 5) is 17.1. The first-order valence-corrected chi connectivity index (χ1v) is 10.3. The van der Waals surface area contributed by atoms with Gasteiger partial charge >= 0.3 is 0 Å². The van der Waals surface area contributed by atoms with Gasteiger partial charge in [0.25, 0.3) is 5.91 Å². The molecule has 0 saturated heterocycles. The molecule has 146 valence electrons. The number of fused-ring (bicyclic) bond motifs is 1. The van der Waals surface area contributed by atoms with Crippen LogP contribution in [0.15, 0.2) is 66.7 Å². The molecule has 1 amide bonds. The van der Waals surface area contributed by atoms with E-state index in [9.17, 15) is 4.79 Å².